The predicted octanol–water partition coefficient (Wildman–Crippen LogP) is 4.40. The molecular formula is C22H25N3O. The van der Waals surface area contributed by atoms with Gasteiger partial charge in [0.1, 0.15) is 0 Å². The summed E-state index contributed by atoms with van der Waals surface area (Å²) in [5.74, 6) is 1.19. The van der Waals surface area contributed by atoms with Crippen LogP contribution >= 0.6 is 0 Å². The van der Waals surface area contributed by atoms with E-state index in [4.69, 9.17) is 0 Å². The number of nitrogens with zero attached hydrogens (tertiary/aromatic N) is 2. The van der Waals surface area contributed by atoms with E-state index in [1.54, 1.807) is 0 Å². The first kappa shape index (κ1) is 16.8. The third-order valence-electron chi connectivity index (χ3n) is 5.45. The normalized spacial score (nSPS) is 22.7. The Morgan fingerprint density at radius 3 is 2.42 bits per heavy atom. The van der Waals surface area contributed by atoms with Gasteiger partial charge in [-0.1, -0.05) is 37.3 Å². The quantitative estimate of drug-likeness (QED) is 0.871. The Morgan fingerprint density at radius 1 is 1.15 bits per heavy atom. The summed E-state index contributed by atoms with van der Waals surface area (Å²) in [6.07, 6.45) is 2.17. The van der Waals surface area contributed by atoms with Gasteiger partial charge < -0.3 is 5.32 Å². The molecular weight excluding hydrogens is 322 g/mol. The SMILES string of the molecule is CC1=NN(c2ccc(C(=O)NC(c3ccccc3)C3CC3C)cc2)CC1. The van der Waals surface area contributed by atoms with Crippen LogP contribution in [0, 0.1) is 11.8 Å². The molecule has 1 heterocycles. The van der Waals surface area contributed by atoms with Gasteiger partial charge in [0, 0.05) is 24.2 Å². The van der Waals surface area contributed by atoms with E-state index in [1.165, 1.54) is 12.0 Å². The number of carbonyl (C=O) groups is 1. The van der Waals surface area contributed by atoms with Gasteiger partial charge in [0.15, 0.2) is 0 Å². The second-order valence-electron chi connectivity index (χ2n) is 7.49. The molecule has 4 nitrogen and oxygen atoms in total. The van der Waals surface area contributed by atoms with Crippen LogP contribution in [0.1, 0.15) is 48.7 Å². The number of anilines is 1. The molecule has 1 fully saturated rings. The number of nitrogens with one attached hydrogen (secondary N) is 1. The Hall–Kier alpha value is -2.62. The van der Waals surface area contributed by atoms with Crippen LogP contribution in [0.15, 0.2) is 59.7 Å². The summed E-state index contributed by atoms with van der Waals surface area (Å²) in [6, 6.07) is 18.1. The van der Waals surface area contributed by atoms with Crippen molar-refractivity contribution in [3.63, 3.8) is 0 Å². The van der Waals surface area contributed by atoms with Crippen LogP contribution in [0.5, 0.6) is 0 Å². The molecule has 1 saturated carbocycles. The molecule has 0 bridgehead atoms. The number of carbonyl (C=O) groups excluding carboxylic acids is 1. The maximum absolute atomic E-state index is 12.8. The highest BCUT2D eigenvalue weighted by atomic mass is 16.1. The number of hydrogen-bond donors (Lipinski definition) is 1. The summed E-state index contributed by atoms with van der Waals surface area (Å²) >= 11 is 0. The second kappa shape index (κ2) is 6.94. The van der Waals surface area contributed by atoms with E-state index in [0.717, 1.165) is 24.4 Å². The van der Waals surface area contributed by atoms with Crippen molar-refractivity contribution in [1.82, 2.24) is 5.32 Å². The first-order valence-corrected chi connectivity index (χ1v) is 9.39. The molecule has 2 aromatic carbocycles. The van der Waals surface area contributed by atoms with Crippen molar-refractivity contribution in [3.05, 3.63) is 65.7 Å². The summed E-state index contributed by atoms with van der Waals surface area (Å²) in [5.41, 5.74) is 4.07. The zero-order valence-corrected chi connectivity index (χ0v) is 15.4. The number of hydrazone groups is 1. The number of hydrogen-bond acceptors (Lipinski definition) is 3. The third-order valence-corrected chi connectivity index (χ3v) is 5.45. The van der Waals surface area contributed by atoms with Gasteiger partial charge in [0.25, 0.3) is 5.91 Å². The molecule has 134 valence electrons. The first-order chi connectivity index (χ1) is 12.6. The fourth-order valence-electron chi connectivity index (χ4n) is 3.68. The molecule has 0 radical (unpaired) electrons. The summed E-state index contributed by atoms with van der Waals surface area (Å²) in [4.78, 5) is 12.8. The maximum Gasteiger partial charge on any atom is 0.251 e. The highest BCUT2D eigenvalue weighted by Gasteiger charge is 2.40. The Morgan fingerprint density at radius 2 is 1.85 bits per heavy atom. The molecule has 0 spiro atoms. The largest absolute Gasteiger partial charge is 0.345 e. The zero-order valence-electron chi connectivity index (χ0n) is 15.4. The van der Waals surface area contributed by atoms with Crippen LogP contribution in [0.2, 0.25) is 0 Å². The van der Waals surface area contributed by atoms with Crippen LogP contribution < -0.4 is 10.3 Å². The van der Waals surface area contributed by atoms with Crippen molar-refractivity contribution >= 4 is 17.3 Å². The number of rotatable bonds is 5. The average Bonchev–Trinajstić information content (AvgIpc) is 3.23. The maximum atomic E-state index is 12.8. The van der Waals surface area contributed by atoms with Crippen LogP contribution in [0.4, 0.5) is 5.69 Å². The van der Waals surface area contributed by atoms with Crippen molar-refractivity contribution in [2.45, 2.75) is 32.7 Å². The highest BCUT2D eigenvalue weighted by molar-refractivity contribution is 5.95. The Balaban J connectivity index is 1.48. The van der Waals surface area contributed by atoms with Gasteiger partial charge in [0.05, 0.1) is 11.7 Å². The van der Waals surface area contributed by atoms with E-state index in [-0.39, 0.29) is 11.9 Å². The molecule has 1 aliphatic heterocycles. The molecule has 4 heteroatoms. The molecule has 2 aliphatic rings. The number of amides is 1. The summed E-state index contributed by atoms with van der Waals surface area (Å²) in [7, 11) is 0. The van der Waals surface area contributed by atoms with Crippen molar-refractivity contribution in [1.29, 1.82) is 0 Å². The molecule has 2 aromatic rings. The van der Waals surface area contributed by atoms with E-state index in [0.29, 0.717) is 17.4 Å². The van der Waals surface area contributed by atoms with E-state index < -0.39 is 0 Å². The molecule has 0 aromatic heterocycles. The van der Waals surface area contributed by atoms with Crippen molar-refractivity contribution in [2.24, 2.45) is 16.9 Å². The lowest BCUT2D eigenvalue weighted by Gasteiger charge is -2.20. The van der Waals surface area contributed by atoms with Crippen LogP contribution in [0.3, 0.4) is 0 Å². The summed E-state index contributed by atoms with van der Waals surface area (Å²) in [6.45, 7) is 5.21. The topological polar surface area (TPSA) is 44.7 Å². The molecule has 4 rings (SSSR count). The van der Waals surface area contributed by atoms with Crippen molar-refractivity contribution in [3.8, 4) is 0 Å². The minimum Gasteiger partial charge on any atom is -0.345 e. The fraction of sp³-hybridized carbons (Fsp3) is 0.364. The van der Waals surface area contributed by atoms with E-state index >= 15 is 0 Å². The first-order valence-electron chi connectivity index (χ1n) is 9.39. The minimum atomic E-state index is -0.00870. The minimum absolute atomic E-state index is 0.00870. The molecule has 3 unspecified atom stereocenters. The monoisotopic (exact) mass is 347 g/mol. The Labute approximate surface area is 154 Å². The second-order valence-corrected chi connectivity index (χ2v) is 7.49. The smallest absolute Gasteiger partial charge is 0.251 e. The average molecular weight is 347 g/mol. The van der Waals surface area contributed by atoms with Gasteiger partial charge in [-0.3, -0.25) is 9.80 Å². The van der Waals surface area contributed by atoms with Gasteiger partial charge in [-0.2, -0.15) is 5.10 Å². The van der Waals surface area contributed by atoms with Gasteiger partial charge in [-0.05, 0) is 55.0 Å². The van der Waals surface area contributed by atoms with Gasteiger partial charge in [-0.15, -0.1) is 0 Å². The fourth-order valence-corrected chi connectivity index (χ4v) is 3.68. The van der Waals surface area contributed by atoms with Crippen LogP contribution in [-0.4, -0.2) is 18.2 Å². The molecule has 1 amide bonds. The molecule has 26 heavy (non-hydrogen) atoms. The number of benzene rings is 2. The van der Waals surface area contributed by atoms with Crippen molar-refractivity contribution in [2.75, 3.05) is 11.6 Å². The Bertz CT molecular complexity index is 813. The van der Waals surface area contributed by atoms with Crippen LogP contribution in [0.25, 0.3) is 0 Å². The van der Waals surface area contributed by atoms with Gasteiger partial charge in [-0.25, -0.2) is 0 Å². The lowest BCUT2D eigenvalue weighted by atomic mass is 10.0. The van der Waals surface area contributed by atoms with Crippen molar-refractivity contribution < 1.29 is 4.79 Å². The van der Waals surface area contributed by atoms with E-state index in [2.05, 4.69) is 29.5 Å². The van der Waals surface area contributed by atoms with Crippen LogP contribution in [-0.2, 0) is 0 Å². The lowest BCUT2D eigenvalue weighted by Crippen LogP contribution is -2.30. The summed E-state index contributed by atoms with van der Waals surface area (Å²) < 4.78 is 0. The lowest BCUT2D eigenvalue weighted by molar-refractivity contribution is 0.0930. The molecule has 1 aliphatic carbocycles. The summed E-state index contributed by atoms with van der Waals surface area (Å²) in [5, 5.41) is 9.76. The standard InChI is InChI=1S/C22H25N3O/c1-15-14-20(15)21(17-6-4-3-5-7-17)23-22(26)18-8-10-19(11-9-18)25-13-12-16(2)24-25/h3-11,15,20-21H,12-14H2,1-2H3,(H,23,26). The molecule has 1 N–H and O–H groups in total. The zero-order chi connectivity index (χ0) is 18.1. The van der Waals surface area contributed by atoms with Gasteiger partial charge in [0.2, 0.25) is 0 Å². The third kappa shape index (κ3) is 3.50. The Kier molecular flexibility index (Phi) is 4.49. The molecule has 0 saturated heterocycles. The van der Waals surface area contributed by atoms with E-state index in [1.807, 2.05) is 54.4 Å². The highest BCUT2D eigenvalue weighted by Crippen LogP contribution is 2.47. The predicted molar refractivity (Wildman–Crippen MR) is 105 cm³/mol. The van der Waals surface area contributed by atoms with E-state index in [9.17, 15) is 4.79 Å². The molecule has 3 atom stereocenters. The van der Waals surface area contributed by atoms with Gasteiger partial charge >= 0.3 is 0 Å².